The number of anilines is 1. The van der Waals surface area contributed by atoms with E-state index < -0.39 is 5.91 Å². The van der Waals surface area contributed by atoms with Crippen molar-refractivity contribution in [3.8, 4) is 5.75 Å². The summed E-state index contributed by atoms with van der Waals surface area (Å²) in [6.07, 6.45) is 1.51. The van der Waals surface area contributed by atoms with Gasteiger partial charge in [0.25, 0.3) is 5.91 Å². The lowest BCUT2D eigenvalue weighted by Crippen LogP contribution is -2.50. The maximum absolute atomic E-state index is 12.5. The number of nitrogens with two attached hydrogens (primary N) is 1. The minimum absolute atomic E-state index is 0.196. The number of rotatable bonds is 4. The van der Waals surface area contributed by atoms with Crippen molar-refractivity contribution >= 4 is 35.1 Å². The quantitative estimate of drug-likeness (QED) is 0.275. The van der Waals surface area contributed by atoms with Gasteiger partial charge in [-0.2, -0.15) is 0 Å². The molecule has 0 saturated carbocycles. The molecule has 0 spiro atoms. The van der Waals surface area contributed by atoms with Crippen molar-refractivity contribution < 1.29 is 14.3 Å². The van der Waals surface area contributed by atoms with Crippen molar-refractivity contribution in [1.29, 1.82) is 5.41 Å². The highest BCUT2D eigenvalue weighted by Crippen LogP contribution is 2.37. The lowest BCUT2D eigenvalue weighted by atomic mass is 10.2. The number of methoxy groups -OCH3 is 1. The van der Waals surface area contributed by atoms with E-state index in [1.54, 1.807) is 37.4 Å². The lowest BCUT2D eigenvalue weighted by molar-refractivity contribution is -0.128. The highest BCUT2D eigenvalue weighted by Gasteiger charge is 2.29. The molecule has 0 atom stereocenters. The SMILES string of the molecule is COc1ccc2c(c1)SCC(=O)N2CC(=O)N(N)C(=N)c1ccccn1. The molecule has 1 aromatic heterocycles. The van der Waals surface area contributed by atoms with Crippen LogP contribution in [0.25, 0.3) is 0 Å². The van der Waals surface area contributed by atoms with Crippen molar-refractivity contribution in [2.45, 2.75) is 4.90 Å². The molecule has 1 aromatic carbocycles. The first kappa shape index (κ1) is 17.9. The molecule has 2 aromatic rings. The number of pyridine rings is 1. The van der Waals surface area contributed by atoms with Crippen LogP contribution >= 0.6 is 11.8 Å². The minimum atomic E-state index is -0.581. The predicted molar refractivity (Wildman–Crippen MR) is 98.2 cm³/mol. The van der Waals surface area contributed by atoms with Crippen LogP contribution in [0.1, 0.15) is 5.69 Å². The first-order valence-corrected chi connectivity index (χ1v) is 8.68. The largest absolute Gasteiger partial charge is 0.497 e. The fourth-order valence-corrected chi connectivity index (χ4v) is 3.41. The summed E-state index contributed by atoms with van der Waals surface area (Å²) in [5.74, 6) is 5.66. The molecule has 0 bridgehead atoms. The van der Waals surface area contributed by atoms with Crippen LogP contribution in [0.15, 0.2) is 47.5 Å². The molecule has 1 aliphatic heterocycles. The van der Waals surface area contributed by atoms with Crippen molar-refractivity contribution in [2.24, 2.45) is 5.84 Å². The van der Waals surface area contributed by atoms with Crippen LogP contribution < -0.4 is 15.5 Å². The van der Waals surface area contributed by atoms with Crippen LogP contribution in [0.3, 0.4) is 0 Å². The van der Waals surface area contributed by atoms with Gasteiger partial charge in [0.15, 0.2) is 5.84 Å². The number of carbonyl (C=O) groups excluding carboxylic acids is 2. The Kier molecular flexibility index (Phi) is 5.19. The Morgan fingerprint density at radius 1 is 1.42 bits per heavy atom. The van der Waals surface area contributed by atoms with E-state index in [-0.39, 0.29) is 29.7 Å². The van der Waals surface area contributed by atoms with Gasteiger partial charge in [-0.25, -0.2) is 10.9 Å². The van der Waals surface area contributed by atoms with Crippen LogP contribution in [0.4, 0.5) is 5.69 Å². The molecule has 0 unspecified atom stereocenters. The third-order valence-corrected chi connectivity index (χ3v) is 4.85. The minimum Gasteiger partial charge on any atom is -0.497 e. The van der Waals surface area contributed by atoms with E-state index in [9.17, 15) is 9.59 Å². The van der Waals surface area contributed by atoms with E-state index in [4.69, 9.17) is 16.0 Å². The molecule has 0 aliphatic carbocycles. The molecular formula is C17H17N5O3S. The fraction of sp³-hybridized carbons (Fsp3) is 0.176. The third-order valence-electron chi connectivity index (χ3n) is 3.82. The van der Waals surface area contributed by atoms with Gasteiger partial charge >= 0.3 is 0 Å². The molecule has 8 nitrogen and oxygen atoms in total. The molecule has 26 heavy (non-hydrogen) atoms. The molecule has 3 rings (SSSR count). The van der Waals surface area contributed by atoms with E-state index in [2.05, 4.69) is 4.98 Å². The maximum atomic E-state index is 12.5. The fourth-order valence-electron chi connectivity index (χ4n) is 2.45. The second-order valence-electron chi connectivity index (χ2n) is 5.43. The number of amidine groups is 1. The number of fused-ring (bicyclic) bond motifs is 1. The van der Waals surface area contributed by atoms with E-state index in [1.807, 2.05) is 6.07 Å². The molecule has 1 aliphatic rings. The second-order valence-corrected chi connectivity index (χ2v) is 6.45. The number of benzene rings is 1. The Bertz CT molecular complexity index is 859. The normalized spacial score (nSPS) is 13.2. The van der Waals surface area contributed by atoms with Crippen molar-refractivity contribution in [3.63, 3.8) is 0 Å². The zero-order valence-electron chi connectivity index (χ0n) is 14.0. The van der Waals surface area contributed by atoms with Crippen molar-refractivity contribution in [2.75, 3.05) is 24.3 Å². The van der Waals surface area contributed by atoms with Gasteiger partial charge in [0.1, 0.15) is 18.0 Å². The van der Waals surface area contributed by atoms with Crippen LogP contribution in [-0.2, 0) is 9.59 Å². The highest BCUT2D eigenvalue weighted by molar-refractivity contribution is 8.00. The first-order valence-electron chi connectivity index (χ1n) is 7.70. The van der Waals surface area contributed by atoms with Crippen LogP contribution in [0.2, 0.25) is 0 Å². The van der Waals surface area contributed by atoms with Gasteiger partial charge < -0.3 is 9.64 Å². The van der Waals surface area contributed by atoms with Gasteiger partial charge in [-0.1, -0.05) is 6.07 Å². The lowest BCUT2D eigenvalue weighted by Gasteiger charge is -2.30. The third kappa shape index (κ3) is 3.53. The number of hydrogen-bond donors (Lipinski definition) is 2. The Hall–Kier alpha value is -2.91. The van der Waals surface area contributed by atoms with Crippen LogP contribution in [0, 0.1) is 5.41 Å². The summed E-state index contributed by atoms with van der Waals surface area (Å²) in [4.78, 5) is 31.0. The van der Waals surface area contributed by atoms with Crippen LogP contribution in [0.5, 0.6) is 5.75 Å². The van der Waals surface area contributed by atoms with Gasteiger partial charge in [-0.15, -0.1) is 11.8 Å². The Labute approximate surface area is 154 Å². The Morgan fingerprint density at radius 2 is 2.23 bits per heavy atom. The molecule has 2 heterocycles. The van der Waals surface area contributed by atoms with Gasteiger partial charge in [0.05, 0.1) is 18.6 Å². The number of ether oxygens (including phenoxy) is 1. The molecule has 0 saturated heterocycles. The van der Waals surface area contributed by atoms with E-state index in [1.165, 1.54) is 22.9 Å². The summed E-state index contributed by atoms with van der Waals surface area (Å²) in [6.45, 7) is -0.259. The summed E-state index contributed by atoms with van der Waals surface area (Å²) < 4.78 is 5.20. The number of nitrogens with one attached hydrogen (secondary N) is 1. The second kappa shape index (κ2) is 7.54. The van der Waals surface area contributed by atoms with Crippen molar-refractivity contribution in [1.82, 2.24) is 9.99 Å². The topological polar surface area (TPSA) is 113 Å². The van der Waals surface area contributed by atoms with Crippen LogP contribution in [-0.4, -0.2) is 47.1 Å². The van der Waals surface area contributed by atoms with Gasteiger partial charge in [0, 0.05) is 11.1 Å². The molecular weight excluding hydrogens is 354 g/mol. The smallest absolute Gasteiger partial charge is 0.262 e. The monoisotopic (exact) mass is 371 g/mol. The number of hydrazine groups is 1. The summed E-state index contributed by atoms with van der Waals surface area (Å²) in [5, 5.41) is 8.73. The molecule has 0 fully saturated rings. The highest BCUT2D eigenvalue weighted by atomic mass is 32.2. The average Bonchev–Trinajstić information content (AvgIpc) is 2.69. The molecule has 9 heteroatoms. The summed E-state index contributed by atoms with van der Waals surface area (Å²) in [7, 11) is 1.57. The first-order chi connectivity index (χ1) is 12.5. The number of nitrogens with zero attached hydrogens (tertiary/aromatic N) is 3. The molecule has 2 amide bonds. The predicted octanol–water partition coefficient (Wildman–Crippen LogP) is 1.26. The molecule has 0 radical (unpaired) electrons. The zero-order chi connectivity index (χ0) is 18.7. The van der Waals surface area contributed by atoms with Gasteiger partial charge in [-0.3, -0.25) is 20.0 Å². The summed E-state index contributed by atoms with van der Waals surface area (Å²) in [6, 6.07) is 10.3. The number of aromatic nitrogens is 1. The maximum Gasteiger partial charge on any atom is 0.262 e. The number of thioether (sulfide) groups is 1. The van der Waals surface area contributed by atoms with Gasteiger partial charge in [-0.05, 0) is 30.3 Å². The summed E-state index contributed by atoms with van der Waals surface area (Å²) in [5.41, 5.74) is 0.896. The number of carbonyl (C=O) groups is 2. The van der Waals surface area contributed by atoms with E-state index in [0.29, 0.717) is 16.4 Å². The number of amides is 2. The molecule has 3 N–H and O–H groups in total. The van der Waals surface area contributed by atoms with Gasteiger partial charge in [0.2, 0.25) is 5.91 Å². The Balaban J connectivity index is 1.79. The number of hydrogen-bond acceptors (Lipinski definition) is 7. The van der Waals surface area contributed by atoms with Crippen molar-refractivity contribution in [3.05, 3.63) is 48.3 Å². The average molecular weight is 371 g/mol. The van der Waals surface area contributed by atoms with E-state index in [0.717, 1.165) is 4.90 Å². The zero-order valence-corrected chi connectivity index (χ0v) is 14.8. The summed E-state index contributed by atoms with van der Waals surface area (Å²) >= 11 is 1.39. The molecule has 134 valence electrons. The standard InChI is InChI=1S/C17H17N5O3S/c1-25-11-5-6-13-14(8-11)26-10-16(24)21(13)9-15(23)22(19)17(18)12-4-2-3-7-20-12/h2-8,18H,9-10,19H2,1H3. The Morgan fingerprint density at radius 3 is 2.92 bits per heavy atom. The van der Waals surface area contributed by atoms with E-state index >= 15 is 0 Å².